The van der Waals surface area contributed by atoms with Crippen LogP contribution in [0.15, 0.2) is 0 Å². The lowest BCUT2D eigenvalue weighted by molar-refractivity contribution is 0.119. The molecule has 10 heavy (non-hydrogen) atoms. The molecule has 2 N–H and O–H groups in total. The first-order chi connectivity index (χ1) is 4.57. The SMILES string of the molecule is [B]C(C)C(O)C[C@@H](C)CO. The molecule has 0 heterocycles. The van der Waals surface area contributed by atoms with E-state index in [1.54, 1.807) is 6.92 Å². The molecule has 0 aromatic rings. The van der Waals surface area contributed by atoms with E-state index in [0.29, 0.717) is 6.42 Å². The van der Waals surface area contributed by atoms with E-state index in [9.17, 15) is 5.11 Å². The Morgan fingerprint density at radius 3 is 2.20 bits per heavy atom. The lowest BCUT2D eigenvalue weighted by Gasteiger charge is -2.17. The lowest BCUT2D eigenvalue weighted by Crippen LogP contribution is -2.18. The molecule has 0 aliphatic rings. The first-order valence-electron chi connectivity index (χ1n) is 3.62. The van der Waals surface area contributed by atoms with Crippen molar-refractivity contribution in [3.63, 3.8) is 0 Å². The van der Waals surface area contributed by atoms with Crippen LogP contribution in [0.1, 0.15) is 20.3 Å². The summed E-state index contributed by atoms with van der Waals surface area (Å²) in [6.45, 7) is 3.75. The molecule has 0 spiro atoms. The standard InChI is InChI=1S/C7H15BO2/c1-5(4-9)3-7(10)6(2)8/h5-7,9-10H,3-4H2,1-2H3/t5-,6?,7?/m1/s1. The van der Waals surface area contributed by atoms with E-state index in [2.05, 4.69) is 0 Å². The van der Waals surface area contributed by atoms with Crippen molar-refractivity contribution in [3.05, 3.63) is 0 Å². The molecule has 2 radical (unpaired) electrons. The van der Waals surface area contributed by atoms with Crippen LogP contribution in [0.4, 0.5) is 0 Å². The summed E-state index contributed by atoms with van der Waals surface area (Å²) in [5.41, 5.74) is 0. The molecular formula is C7H15BO2. The maximum absolute atomic E-state index is 9.19. The van der Waals surface area contributed by atoms with Crippen LogP contribution in [0.2, 0.25) is 5.82 Å². The molecule has 0 saturated heterocycles. The van der Waals surface area contributed by atoms with Gasteiger partial charge in [-0.2, -0.15) is 0 Å². The van der Waals surface area contributed by atoms with Crippen molar-refractivity contribution in [2.24, 2.45) is 5.92 Å². The van der Waals surface area contributed by atoms with Gasteiger partial charge in [0.25, 0.3) is 0 Å². The number of hydrogen-bond acceptors (Lipinski definition) is 2. The van der Waals surface area contributed by atoms with E-state index < -0.39 is 6.10 Å². The van der Waals surface area contributed by atoms with Crippen LogP contribution >= 0.6 is 0 Å². The summed E-state index contributed by atoms with van der Waals surface area (Å²) < 4.78 is 0. The molecule has 58 valence electrons. The number of aliphatic hydroxyl groups excluding tert-OH is 2. The second kappa shape index (κ2) is 4.75. The summed E-state index contributed by atoms with van der Waals surface area (Å²) in [6.07, 6.45) is 0.0934. The van der Waals surface area contributed by atoms with Crippen molar-refractivity contribution in [2.75, 3.05) is 6.61 Å². The molecule has 0 fully saturated rings. The third-order valence-electron chi connectivity index (χ3n) is 1.56. The number of hydrogen-bond donors (Lipinski definition) is 2. The zero-order valence-electron chi connectivity index (χ0n) is 6.62. The predicted octanol–water partition coefficient (Wildman–Crippen LogP) is 0.343. The van der Waals surface area contributed by atoms with Crippen molar-refractivity contribution in [2.45, 2.75) is 32.2 Å². The Balaban J connectivity index is 3.46. The van der Waals surface area contributed by atoms with Crippen molar-refractivity contribution in [1.82, 2.24) is 0 Å². The minimum atomic E-state index is -0.484. The van der Waals surface area contributed by atoms with Crippen LogP contribution in [0, 0.1) is 5.92 Å². The average molecular weight is 142 g/mol. The van der Waals surface area contributed by atoms with Gasteiger partial charge in [-0.3, -0.25) is 0 Å². The summed E-state index contributed by atoms with van der Waals surface area (Å²) in [4.78, 5) is 0. The summed E-state index contributed by atoms with van der Waals surface area (Å²) in [5.74, 6) is -0.0602. The fourth-order valence-electron chi connectivity index (χ4n) is 0.701. The monoisotopic (exact) mass is 142 g/mol. The van der Waals surface area contributed by atoms with Gasteiger partial charge in [0, 0.05) is 12.7 Å². The predicted molar refractivity (Wildman–Crippen MR) is 42.1 cm³/mol. The van der Waals surface area contributed by atoms with Crippen LogP contribution < -0.4 is 0 Å². The van der Waals surface area contributed by atoms with Gasteiger partial charge in [-0.15, -0.1) is 0 Å². The van der Waals surface area contributed by atoms with E-state index in [1.807, 2.05) is 6.92 Å². The van der Waals surface area contributed by atoms with E-state index in [-0.39, 0.29) is 18.3 Å². The first kappa shape index (κ1) is 9.98. The molecule has 0 aliphatic carbocycles. The highest BCUT2D eigenvalue weighted by atomic mass is 16.3. The topological polar surface area (TPSA) is 40.5 Å². The van der Waals surface area contributed by atoms with Gasteiger partial charge in [0.1, 0.15) is 0 Å². The molecule has 0 rings (SSSR count). The fraction of sp³-hybridized carbons (Fsp3) is 1.00. The van der Waals surface area contributed by atoms with E-state index in [0.717, 1.165) is 0 Å². The second-order valence-corrected chi connectivity index (χ2v) is 2.95. The minimum Gasteiger partial charge on any atom is -0.396 e. The number of rotatable bonds is 4. The molecule has 0 aliphatic heterocycles. The van der Waals surface area contributed by atoms with Gasteiger partial charge in [-0.25, -0.2) is 0 Å². The molecule has 2 unspecified atom stereocenters. The van der Waals surface area contributed by atoms with Crippen molar-refractivity contribution in [3.8, 4) is 0 Å². The highest BCUT2D eigenvalue weighted by Gasteiger charge is 2.11. The minimum absolute atomic E-state index is 0.115. The van der Waals surface area contributed by atoms with Gasteiger partial charge in [0.15, 0.2) is 0 Å². The highest BCUT2D eigenvalue weighted by molar-refractivity contribution is 6.11. The Hall–Kier alpha value is -0.0151. The van der Waals surface area contributed by atoms with Gasteiger partial charge in [0.05, 0.1) is 7.85 Å². The smallest absolute Gasteiger partial charge is 0.0730 e. The molecule has 0 aromatic carbocycles. The Kier molecular flexibility index (Phi) is 4.74. The Labute approximate surface area is 63.7 Å². The van der Waals surface area contributed by atoms with Crippen LogP contribution in [0.25, 0.3) is 0 Å². The number of aliphatic hydroxyl groups is 2. The van der Waals surface area contributed by atoms with E-state index in [1.165, 1.54) is 0 Å². The Morgan fingerprint density at radius 2 is 1.90 bits per heavy atom. The van der Waals surface area contributed by atoms with Crippen molar-refractivity contribution in [1.29, 1.82) is 0 Å². The summed E-state index contributed by atoms with van der Waals surface area (Å²) >= 11 is 0. The van der Waals surface area contributed by atoms with Gasteiger partial charge < -0.3 is 10.2 Å². The molecule has 3 atom stereocenters. The molecule has 0 saturated carbocycles. The van der Waals surface area contributed by atoms with E-state index in [4.69, 9.17) is 13.0 Å². The highest BCUT2D eigenvalue weighted by Crippen LogP contribution is 2.13. The van der Waals surface area contributed by atoms with E-state index >= 15 is 0 Å². The van der Waals surface area contributed by atoms with Crippen LogP contribution in [0.3, 0.4) is 0 Å². The van der Waals surface area contributed by atoms with Crippen molar-refractivity contribution >= 4 is 7.85 Å². The maximum atomic E-state index is 9.19. The second-order valence-electron chi connectivity index (χ2n) is 2.95. The third kappa shape index (κ3) is 3.91. The van der Waals surface area contributed by atoms with Gasteiger partial charge in [-0.1, -0.05) is 19.7 Å². The molecule has 0 bridgehead atoms. The Bertz CT molecular complexity index is 85.7. The van der Waals surface area contributed by atoms with Crippen LogP contribution in [-0.4, -0.2) is 30.8 Å². The zero-order chi connectivity index (χ0) is 8.15. The molecule has 0 aromatic heterocycles. The quantitative estimate of drug-likeness (QED) is 0.555. The summed E-state index contributed by atoms with van der Waals surface area (Å²) in [5, 5.41) is 17.8. The summed E-state index contributed by atoms with van der Waals surface area (Å²) in [7, 11) is 5.41. The normalized spacial score (nSPS) is 20.0. The van der Waals surface area contributed by atoms with Crippen LogP contribution in [-0.2, 0) is 0 Å². The van der Waals surface area contributed by atoms with Gasteiger partial charge in [0.2, 0.25) is 0 Å². The molecule has 0 amide bonds. The third-order valence-corrected chi connectivity index (χ3v) is 1.56. The zero-order valence-corrected chi connectivity index (χ0v) is 6.62. The average Bonchev–Trinajstić information content (AvgIpc) is 1.87. The van der Waals surface area contributed by atoms with Gasteiger partial charge in [-0.05, 0) is 12.3 Å². The van der Waals surface area contributed by atoms with Gasteiger partial charge >= 0.3 is 0 Å². The first-order valence-corrected chi connectivity index (χ1v) is 3.62. The van der Waals surface area contributed by atoms with Crippen LogP contribution in [0.5, 0.6) is 0 Å². The Morgan fingerprint density at radius 1 is 1.40 bits per heavy atom. The fourth-order valence-corrected chi connectivity index (χ4v) is 0.701. The molecule has 2 nitrogen and oxygen atoms in total. The van der Waals surface area contributed by atoms with Crippen molar-refractivity contribution < 1.29 is 10.2 Å². The maximum Gasteiger partial charge on any atom is 0.0730 e. The lowest BCUT2D eigenvalue weighted by atomic mass is 9.81. The molecule has 3 heteroatoms. The molecular weight excluding hydrogens is 127 g/mol. The largest absolute Gasteiger partial charge is 0.396 e. The summed E-state index contributed by atoms with van der Waals surface area (Å²) in [6, 6.07) is 0.